The van der Waals surface area contributed by atoms with Gasteiger partial charge in [-0.2, -0.15) is 0 Å². The Bertz CT molecular complexity index is 1360. The lowest BCUT2D eigenvalue weighted by atomic mass is 10.2. The highest BCUT2D eigenvalue weighted by molar-refractivity contribution is 7.92. The Morgan fingerprint density at radius 3 is 2.30 bits per heavy atom. The van der Waals surface area contributed by atoms with E-state index in [1.807, 2.05) is 0 Å². The van der Waals surface area contributed by atoms with Crippen molar-refractivity contribution in [2.24, 2.45) is 0 Å². The molecule has 168 valence electrons. The summed E-state index contributed by atoms with van der Waals surface area (Å²) in [6.45, 7) is -0.543. The minimum atomic E-state index is -4.09. The summed E-state index contributed by atoms with van der Waals surface area (Å²) in [7, 11) is -4.09. The molecule has 1 N–H and O–H groups in total. The number of aromatic nitrogens is 2. The van der Waals surface area contributed by atoms with E-state index in [1.54, 1.807) is 42.5 Å². The lowest BCUT2D eigenvalue weighted by Gasteiger charge is -2.23. The van der Waals surface area contributed by atoms with E-state index in [1.165, 1.54) is 24.3 Å². The predicted octanol–water partition coefficient (Wildman–Crippen LogP) is 4.83. The highest BCUT2D eigenvalue weighted by atomic mass is 35.5. The number of nitrogens with one attached hydrogen (secondary N) is 1. The second-order valence-electron chi connectivity index (χ2n) is 6.77. The molecule has 7 nitrogen and oxygen atoms in total. The molecule has 1 heterocycles. The van der Waals surface area contributed by atoms with Crippen LogP contribution in [0.25, 0.3) is 10.6 Å². The Morgan fingerprint density at radius 1 is 0.970 bits per heavy atom. The van der Waals surface area contributed by atoms with E-state index in [0.717, 1.165) is 33.3 Å². The number of rotatable bonds is 7. The third kappa shape index (κ3) is 5.36. The van der Waals surface area contributed by atoms with Crippen LogP contribution in [0.15, 0.2) is 83.8 Å². The summed E-state index contributed by atoms with van der Waals surface area (Å²) < 4.78 is 40.8. The zero-order chi connectivity index (χ0) is 23.4. The number of benzene rings is 3. The second kappa shape index (κ2) is 9.65. The van der Waals surface area contributed by atoms with Gasteiger partial charge in [0.25, 0.3) is 10.0 Å². The zero-order valence-corrected chi connectivity index (χ0v) is 19.2. The van der Waals surface area contributed by atoms with Gasteiger partial charge in [-0.05, 0) is 48.5 Å². The van der Waals surface area contributed by atoms with Crippen LogP contribution in [0, 0.1) is 5.82 Å². The zero-order valence-electron chi connectivity index (χ0n) is 16.9. The maximum atomic E-state index is 13.4. The fourth-order valence-corrected chi connectivity index (χ4v) is 5.25. The first-order valence-electron chi connectivity index (χ1n) is 9.55. The van der Waals surface area contributed by atoms with Gasteiger partial charge in [-0.1, -0.05) is 53.3 Å². The van der Waals surface area contributed by atoms with Crippen molar-refractivity contribution >= 4 is 49.7 Å². The van der Waals surface area contributed by atoms with Crippen molar-refractivity contribution < 1.29 is 17.6 Å². The lowest BCUT2D eigenvalue weighted by molar-refractivity contribution is -0.114. The Morgan fingerprint density at radius 2 is 1.64 bits per heavy atom. The van der Waals surface area contributed by atoms with Crippen LogP contribution in [0.2, 0.25) is 5.02 Å². The molecule has 0 aliphatic carbocycles. The molecule has 0 aliphatic rings. The molecule has 0 fully saturated rings. The first-order valence-corrected chi connectivity index (χ1v) is 12.2. The maximum Gasteiger partial charge on any atom is 0.264 e. The summed E-state index contributed by atoms with van der Waals surface area (Å²) in [5.41, 5.74) is 0.923. The molecular weight excluding hydrogens is 487 g/mol. The summed E-state index contributed by atoms with van der Waals surface area (Å²) in [5.74, 6) is -1.15. The van der Waals surface area contributed by atoms with Gasteiger partial charge in [0.2, 0.25) is 11.0 Å². The fourth-order valence-electron chi connectivity index (χ4n) is 2.91. The van der Waals surface area contributed by atoms with E-state index in [0.29, 0.717) is 10.0 Å². The van der Waals surface area contributed by atoms with E-state index < -0.39 is 28.3 Å². The molecule has 3 aromatic carbocycles. The smallest absolute Gasteiger partial charge is 0.264 e. The molecular formula is C22H16ClFN4O3S2. The molecule has 0 aliphatic heterocycles. The van der Waals surface area contributed by atoms with Crippen molar-refractivity contribution in [3.05, 3.63) is 89.7 Å². The number of anilines is 2. The van der Waals surface area contributed by atoms with Crippen LogP contribution in [-0.4, -0.2) is 31.1 Å². The third-order valence-electron chi connectivity index (χ3n) is 4.50. The number of carbonyl (C=O) groups is 1. The van der Waals surface area contributed by atoms with Crippen molar-refractivity contribution in [2.45, 2.75) is 4.90 Å². The maximum absolute atomic E-state index is 13.4. The van der Waals surface area contributed by atoms with Crippen LogP contribution in [0.5, 0.6) is 0 Å². The molecule has 33 heavy (non-hydrogen) atoms. The fraction of sp³-hybridized carbons (Fsp3) is 0.0455. The minimum Gasteiger partial charge on any atom is -0.299 e. The number of sulfonamides is 1. The van der Waals surface area contributed by atoms with Crippen LogP contribution in [-0.2, 0) is 14.8 Å². The van der Waals surface area contributed by atoms with Gasteiger partial charge in [0, 0.05) is 10.6 Å². The van der Waals surface area contributed by atoms with Crippen LogP contribution in [0.3, 0.4) is 0 Å². The van der Waals surface area contributed by atoms with Gasteiger partial charge >= 0.3 is 0 Å². The van der Waals surface area contributed by atoms with E-state index >= 15 is 0 Å². The van der Waals surface area contributed by atoms with Gasteiger partial charge in [0.1, 0.15) is 17.4 Å². The molecule has 0 saturated heterocycles. The Labute approximate surface area is 198 Å². The van der Waals surface area contributed by atoms with Crippen molar-refractivity contribution in [3.63, 3.8) is 0 Å². The summed E-state index contributed by atoms with van der Waals surface area (Å²) in [5, 5.41) is 11.9. The number of carbonyl (C=O) groups excluding carboxylic acids is 1. The summed E-state index contributed by atoms with van der Waals surface area (Å²) in [6.07, 6.45) is 0. The van der Waals surface area contributed by atoms with Gasteiger partial charge in [0.05, 0.1) is 10.6 Å². The van der Waals surface area contributed by atoms with Gasteiger partial charge in [-0.15, -0.1) is 10.2 Å². The monoisotopic (exact) mass is 502 g/mol. The van der Waals surface area contributed by atoms with Gasteiger partial charge in [-0.25, -0.2) is 12.8 Å². The third-order valence-corrected chi connectivity index (χ3v) is 7.42. The van der Waals surface area contributed by atoms with Crippen LogP contribution >= 0.6 is 22.9 Å². The average molecular weight is 503 g/mol. The van der Waals surface area contributed by atoms with Gasteiger partial charge in [0.15, 0.2) is 0 Å². The second-order valence-corrected chi connectivity index (χ2v) is 10.0. The SMILES string of the molecule is O=C(CN(c1ccc(F)cc1)S(=O)(=O)c1ccccc1)Nc1nnc(-c2ccc(Cl)cc2)s1. The van der Waals surface area contributed by atoms with E-state index in [-0.39, 0.29) is 15.7 Å². The molecule has 0 bridgehead atoms. The Kier molecular flexibility index (Phi) is 6.68. The number of hydrogen-bond donors (Lipinski definition) is 1. The molecule has 0 atom stereocenters. The number of amides is 1. The molecule has 1 amide bonds. The predicted molar refractivity (Wildman–Crippen MR) is 126 cm³/mol. The largest absolute Gasteiger partial charge is 0.299 e. The molecule has 0 unspecified atom stereocenters. The number of hydrogen-bond acceptors (Lipinski definition) is 6. The first-order chi connectivity index (χ1) is 15.8. The molecule has 4 aromatic rings. The summed E-state index contributed by atoms with van der Waals surface area (Å²) >= 11 is 7.03. The summed E-state index contributed by atoms with van der Waals surface area (Å²) in [6, 6.07) is 19.5. The van der Waals surface area contributed by atoms with Crippen molar-refractivity contribution in [1.29, 1.82) is 0 Å². The quantitative estimate of drug-likeness (QED) is 0.390. The number of nitrogens with zero attached hydrogens (tertiary/aromatic N) is 3. The molecule has 0 spiro atoms. The average Bonchev–Trinajstić information content (AvgIpc) is 3.27. The first kappa shape index (κ1) is 22.8. The van der Waals surface area contributed by atoms with Crippen molar-refractivity contribution in [2.75, 3.05) is 16.2 Å². The van der Waals surface area contributed by atoms with Crippen molar-refractivity contribution in [1.82, 2.24) is 10.2 Å². The van der Waals surface area contributed by atoms with E-state index in [2.05, 4.69) is 15.5 Å². The normalized spacial score (nSPS) is 11.2. The van der Waals surface area contributed by atoms with Crippen molar-refractivity contribution in [3.8, 4) is 10.6 Å². The van der Waals surface area contributed by atoms with Crippen LogP contribution in [0.1, 0.15) is 0 Å². The molecule has 0 saturated carbocycles. The van der Waals surface area contributed by atoms with E-state index in [4.69, 9.17) is 11.6 Å². The minimum absolute atomic E-state index is 0.00284. The highest BCUT2D eigenvalue weighted by Gasteiger charge is 2.27. The Hall–Kier alpha value is -3.34. The van der Waals surface area contributed by atoms with E-state index in [9.17, 15) is 17.6 Å². The summed E-state index contributed by atoms with van der Waals surface area (Å²) in [4.78, 5) is 12.8. The molecule has 0 radical (unpaired) electrons. The molecule has 1 aromatic heterocycles. The van der Waals surface area contributed by atoms with Crippen LogP contribution < -0.4 is 9.62 Å². The topological polar surface area (TPSA) is 92.3 Å². The standard InChI is InChI=1S/C22H16ClFN4O3S2/c23-16-8-6-15(7-9-16)21-26-27-22(32-21)25-20(29)14-28(18-12-10-17(24)11-13-18)33(30,31)19-4-2-1-3-5-19/h1-13H,14H2,(H,25,27,29). The highest BCUT2D eigenvalue weighted by Crippen LogP contribution is 2.28. The Balaban J connectivity index is 1.57. The lowest BCUT2D eigenvalue weighted by Crippen LogP contribution is -2.38. The van der Waals surface area contributed by atoms with Gasteiger partial charge in [-0.3, -0.25) is 14.4 Å². The molecule has 4 rings (SSSR count). The number of halogens is 2. The molecule has 11 heteroatoms. The van der Waals surface area contributed by atoms with Gasteiger partial charge < -0.3 is 0 Å². The van der Waals surface area contributed by atoms with Crippen LogP contribution in [0.4, 0.5) is 15.2 Å².